The van der Waals surface area contributed by atoms with Crippen molar-refractivity contribution in [3.63, 3.8) is 0 Å². The van der Waals surface area contributed by atoms with Gasteiger partial charge >= 0.3 is 0 Å². The Morgan fingerprint density at radius 1 is 1.05 bits per heavy atom. The van der Waals surface area contributed by atoms with E-state index in [0.717, 1.165) is 11.1 Å². The van der Waals surface area contributed by atoms with Gasteiger partial charge in [0.05, 0.1) is 5.56 Å². The summed E-state index contributed by atoms with van der Waals surface area (Å²) in [4.78, 5) is 4.36. The first-order chi connectivity index (χ1) is 9.74. The van der Waals surface area contributed by atoms with Crippen molar-refractivity contribution in [2.75, 3.05) is 5.73 Å². The summed E-state index contributed by atoms with van der Waals surface area (Å²) in [6.45, 7) is 0. The van der Waals surface area contributed by atoms with E-state index in [1.165, 1.54) is 0 Å². The molecule has 5 heteroatoms. The SMILES string of the molecule is Nc1ccccc1-c1nc(Cc2ccccc2Cl)no1. The van der Waals surface area contributed by atoms with Crippen molar-refractivity contribution in [2.24, 2.45) is 0 Å². The van der Waals surface area contributed by atoms with E-state index >= 15 is 0 Å². The van der Waals surface area contributed by atoms with Crippen molar-refractivity contribution in [1.82, 2.24) is 10.1 Å². The summed E-state index contributed by atoms with van der Waals surface area (Å²) >= 11 is 6.12. The molecule has 0 spiro atoms. The summed E-state index contributed by atoms with van der Waals surface area (Å²) in [5.74, 6) is 1.00. The summed E-state index contributed by atoms with van der Waals surface area (Å²) in [7, 11) is 0. The maximum atomic E-state index is 6.12. The molecule has 0 saturated heterocycles. The lowest BCUT2D eigenvalue weighted by atomic mass is 10.1. The third kappa shape index (κ3) is 2.51. The van der Waals surface area contributed by atoms with E-state index < -0.39 is 0 Å². The second kappa shape index (κ2) is 5.35. The van der Waals surface area contributed by atoms with Crippen molar-refractivity contribution >= 4 is 17.3 Å². The lowest BCUT2D eigenvalue weighted by Gasteiger charge is -1.99. The van der Waals surface area contributed by atoms with E-state index in [0.29, 0.717) is 28.8 Å². The lowest BCUT2D eigenvalue weighted by molar-refractivity contribution is 0.424. The molecule has 2 aromatic carbocycles. The maximum absolute atomic E-state index is 6.12. The highest BCUT2D eigenvalue weighted by Gasteiger charge is 2.12. The number of hydrogen-bond donors (Lipinski definition) is 1. The average molecular weight is 286 g/mol. The zero-order valence-electron chi connectivity index (χ0n) is 10.6. The fourth-order valence-electron chi connectivity index (χ4n) is 1.94. The minimum absolute atomic E-state index is 0.421. The quantitative estimate of drug-likeness (QED) is 0.747. The van der Waals surface area contributed by atoms with Crippen LogP contribution in [0.25, 0.3) is 11.5 Å². The molecule has 2 N–H and O–H groups in total. The Kier molecular flexibility index (Phi) is 3.39. The highest BCUT2D eigenvalue weighted by atomic mass is 35.5. The number of anilines is 1. The Morgan fingerprint density at radius 3 is 2.60 bits per heavy atom. The number of aromatic nitrogens is 2. The number of hydrogen-bond acceptors (Lipinski definition) is 4. The predicted molar refractivity (Wildman–Crippen MR) is 78.4 cm³/mol. The van der Waals surface area contributed by atoms with Gasteiger partial charge in [-0.05, 0) is 23.8 Å². The molecule has 3 aromatic rings. The van der Waals surface area contributed by atoms with Gasteiger partial charge in [0, 0.05) is 17.1 Å². The monoisotopic (exact) mass is 285 g/mol. The highest BCUT2D eigenvalue weighted by molar-refractivity contribution is 6.31. The first-order valence-corrected chi connectivity index (χ1v) is 6.52. The van der Waals surface area contributed by atoms with E-state index in [1.807, 2.05) is 42.5 Å². The summed E-state index contributed by atoms with van der Waals surface area (Å²) in [6, 6.07) is 15.0. The Morgan fingerprint density at radius 2 is 1.80 bits per heavy atom. The second-order valence-corrected chi connectivity index (χ2v) is 4.78. The van der Waals surface area contributed by atoms with Crippen LogP contribution in [0.2, 0.25) is 5.02 Å². The Hall–Kier alpha value is -2.33. The summed E-state index contributed by atoms with van der Waals surface area (Å²) in [5.41, 5.74) is 8.20. The molecule has 20 heavy (non-hydrogen) atoms. The zero-order valence-corrected chi connectivity index (χ0v) is 11.3. The van der Waals surface area contributed by atoms with Gasteiger partial charge in [-0.25, -0.2) is 0 Å². The number of nitrogens with zero attached hydrogens (tertiary/aromatic N) is 2. The lowest BCUT2D eigenvalue weighted by Crippen LogP contribution is -1.92. The third-order valence-electron chi connectivity index (χ3n) is 2.97. The molecule has 0 amide bonds. The first kappa shape index (κ1) is 12.7. The van der Waals surface area contributed by atoms with Gasteiger partial charge in [0.1, 0.15) is 0 Å². The Balaban J connectivity index is 1.88. The Bertz CT molecular complexity index is 739. The molecule has 0 fully saturated rings. The largest absolute Gasteiger partial charge is 0.398 e. The number of nitrogens with two attached hydrogens (primary N) is 1. The zero-order chi connectivity index (χ0) is 13.9. The summed E-state index contributed by atoms with van der Waals surface area (Å²) < 4.78 is 5.26. The van der Waals surface area contributed by atoms with Gasteiger partial charge in [-0.1, -0.05) is 47.1 Å². The third-order valence-corrected chi connectivity index (χ3v) is 3.33. The van der Waals surface area contributed by atoms with Gasteiger partial charge < -0.3 is 10.3 Å². The van der Waals surface area contributed by atoms with E-state index in [1.54, 1.807) is 6.07 Å². The van der Waals surface area contributed by atoms with E-state index in [4.69, 9.17) is 21.9 Å². The van der Waals surface area contributed by atoms with Crippen molar-refractivity contribution in [3.8, 4) is 11.5 Å². The van der Waals surface area contributed by atoms with Crippen molar-refractivity contribution in [1.29, 1.82) is 0 Å². The standard InChI is InChI=1S/C15H12ClN3O/c16-12-7-3-1-5-10(12)9-14-18-15(20-19-14)11-6-2-4-8-13(11)17/h1-8H,9,17H2. The topological polar surface area (TPSA) is 64.9 Å². The number of benzene rings is 2. The maximum Gasteiger partial charge on any atom is 0.260 e. The van der Waals surface area contributed by atoms with Crippen molar-refractivity contribution in [2.45, 2.75) is 6.42 Å². The second-order valence-electron chi connectivity index (χ2n) is 4.37. The van der Waals surface area contributed by atoms with Crippen LogP contribution in [0.1, 0.15) is 11.4 Å². The van der Waals surface area contributed by atoms with Crippen LogP contribution >= 0.6 is 11.6 Å². The summed E-state index contributed by atoms with van der Waals surface area (Å²) in [5, 5.41) is 4.66. The van der Waals surface area contributed by atoms with Crippen LogP contribution in [0.3, 0.4) is 0 Å². The number of nitrogen functional groups attached to an aromatic ring is 1. The molecule has 3 rings (SSSR count). The molecule has 0 aliphatic carbocycles. The molecule has 0 aliphatic rings. The van der Waals surface area contributed by atoms with Crippen LogP contribution in [0.15, 0.2) is 53.1 Å². The van der Waals surface area contributed by atoms with E-state index in [9.17, 15) is 0 Å². The van der Waals surface area contributed by atoms with Crippen LogP contribution in [0.5, 0.6) is 0 Å². The van der Waals surface area contributed by atoms with Crippen LogP contribution in [0, 0.1) is 0 Å². The molecule has 1 heterocycles. The molecular weight excluding hydrogens is 274 g/mol. The molecule has 1 aromatic heterocycles. The fraction of sp³-hybridized carbons (Fsp3) is 0.0667. The van der Waals surface area contributed by atoms with Gasteiger partial charge in [0.25, 0.3) is 5.89 Å². The number of rotatable bonds is 3. The molecule has 0 saturated carbocycles. The molecule has 0 aliphatic heterocycles. The van der Waals surface area contributed by atoms with Crippen molar-refractivity contribution in [3.05, 3.63) is 64.9 Å². The molecule has 0 atom stereocenters. The van der Waals surface area contributed by atoms with E-state index in [-0.39, 0.29) is 0 Å². The number of para-hydroxylation sites is 1. The number of halogens is 1. The average Bonchev–Trinajstić information content (AvgIpc) is 2.90. The minimum Gasteiger partial charge on any atom is -0.398 e. The highest BCUT2D eigenvalue weighted by Crippen LogP contribution is 2.24. The molecule has 0 unspecified atom stereocenters. The molecule has 4 nitrogen and oxygen atoms in total. The molecule has 100 valence electrons. The van der Waals surface area contributed by atoms with Gasteiger partial charge in [-0.2, -0.15) is 4.98 Å². The van der Waals surface area contributed by atoms with Crippen molar-refractivity contribution < 1.29 is 4.52 Å². The van der Waals surface area contributed by atoms with Crippen LogP contribution < -0.4 is 5.73 Å². The van der Waals surface area contributed by atoms with Gasteiger partial charge in [-0.3, -0.25) is 0 Å². The smallest absolute Gasteiger partial charge is 0.260 e. The molecular formula is C15H12ClN3O. The first-order valence-electron chi connectivity index (χ1n) is 6.15. The molecule has 0 bridgehead atoms. The Labute approximate surface area is 121 Å². The van der Waals surface area contributed by atoms with Gasteiger partial charge in [0.15, 0.2) is 5.82 Å². The molecule has 0 radical (unpaired) electrons. The fourth-order valence-corrected chi connectivity index (χ4v) is 2.14. The minimum atomic E-state index is 0.421. The summed E-state index contributed by atoms with van der Waals surface area (Å²) in [6.07, 6.45) is 0.524. The normalized spacial score (nSPS) is 10.7. The van der Waals surface area contributed by atoms with Crippen LogP contribution in [0.4, 0.5) is 5.69 Å². The van der Waals surface area contributed by atoms with Crippen LogP contribution in [-0.4, -0.2) is 10.1 Å². The predicted octanol–water partition coefficient (Wildman–Crippen LogP) is 3.56. The van der Waals surface area contributed by atoms with Gasteiger partial charge in [0.2, 0.25) is 0 Å². The van der Waals surface area contributed by atoms with E-state index in [2.05, 4.69) is 10.1 Å². The van der Waals surface area contributed by atoms with Gasteiger partial charge in [-0.15, -0.1) is 0 Å². The van der Waals surface area contributed by atoms with Crippen LogP contribution in [-0.2, 0) is 6.42 Å².